The fraction of sp³-hybridized carbons (Fsp3) is 0.227. The monoisotopic (exact) mass is 452 g/mol. The number of hydrogen-bond donors (Lipinski definition) is 1. The van der Waals surface area contributed by atoms with Crippen molar-refractivity contribution in [2.24, 2.45) is 0 Å². The third-order valence-electron chi connectivity index (χ3n) is 4.94. The molecule has 164 valence electrons. The van der Waals surface area contributed by atoms with Crippen LogP contribution in [0.15, 0.2) is 48.5 Å². The summed E-state index contributed by atoms with van der Waals surface area (Å²) in [7, 11) is -5.79. The van der Waals surface area contributed by atoms with E-state index in [9.17, 15) is 26.4 Å². The first-order valence-corrected chi connectivity index (χ1v) is 10.6. The van der Waals surface area contributed by atoms with E-state index in [0.717, 1.165) is 5.56 Å². The molecule has 0 amide bonds. The van der Waals surface area contributed by atoms with Crippen molar-refractivity contribution < 1.29 is 35.7 Å². The van der Waals surface area contributed by atoms with Gasteiger partial charge in [-0.2, -0.15) is 21.6 Å². The van der Waals surface area contributed by atoms with Gasteiger partial charge in [-0.1, -0.05) is 50.3 Å². The molecule has 3 rings (SSSR count). The minimum atomic E-state index is -5.79. The maximum Gasteiger partial charge on any atom is 0.534 e. The van der Waals surface area contributed by atoms with Crippen LogP contribution >= 0.6 is 0 Å². The summed E-state index contributed by atoms with van der Waals surface area (Å²) in [6.07, 6.45) is 5.06. The Kier molecular flexibility index (Phi) is 5.75. The van der Waals surface area contributed by atoms with Crippen LogP contribution in [0.1, 0.15) is 52.9 Å². The normalized spacial score (nSPS) is 16.0. The van der Waals surface area contributed by atoms with Crippen LogP contribution in [0.3, 0.4) is 0 Å². The molecule has 0 saturated carbocycles. The van der Waals surface area contributed by atoms with E-state index in [1.807, 2.05) is 13.8 Å². The quantitative estimate of drug-likeness (QED) is 0.371. The van der Waals surface area contributed by atoms with Crippen molar-refractivity contribution in [3.8, 4) is 0 Å². The Morgan fingerprint density at radius 1 is 1.06 bits per heavy atom. The van der Waals surface area contributed by atoms with Gasteiger partial charge in [0.2, 0.25) is 0 Å². The van der Waals surface area contributed by atoms with Gasteiger partial charge in [0.15, 0.2) is 0 Å². The van der Waals surface area contributed by atoms with Gasteiger partial charge >= 0.3 is 21.6 Å². The Morgan fingerprint density at radius 2 is 1.65 bits per heavy atom. The van der Waals surface area contributed by atoms with Crippen LogP contribution in [-0.4, -0.2) is 25.0 Å². The Balaban J connectivity index is 1.95. The van der Waals surface area contributed by atoms with Crippen molar-refractivity contribution in [1.82, 2.24) is 0 Å². The predicted octanol–water partition coefficient (Wildman–Crippen LogP) is 5.44. The number of carboxylic acids is 1. The summed E-state index contributed by atoms with van der Waals surface area (Å²) < 4.78 is 65.9. The molecule has 1 aliphatic rings. The molecule has 2 aromatic rings. The van der Waals surface area contributed by atoms with Crippen LogP contribution in [0.25, 0.3) is 17.9 Å². The van der Waals surface area contributed by atoms with E-state index in [2.05, 4.69) is 4.18 Å². The number of hydrogen-bond acceptors (Lipinski definition) is 4. The lowest BCUT2D eigenvalue weighted by molar-refractivity contribution is -0.0509. The third kappa shape index (κ3) is 4.82. The van der Waals surface area contributed by atoms with Crippen LogP contribution in [0.2, 0.25) is 0 Å². The minimum Gasteiger partial charge on any atom is -0.478 e. The standard InChI is InChI=1S/C22H19F3O5S/c1-21(2)12-11-19(30-31(28,29)22(23,24)25)17-13-15(7-10-18(17)21)4-3-14-5-8-16(9-6-14)20(26)27/h3-11,13H,12H2,1-2H3,(H,26,27). The number of alkyl halides is 3. The second kappa shape index (κ2) is 7.88. The average Bonchev–Trinajstić information content (AvgIpc) is 2.68. The maximum absolute atomic E-state index is 12.8. The summed E-state index contributed by atoms with van der Waals surface area (Å²) in [5.41, 5.74) is -3.53. The van der Waals surface area contributed by atoms with Gasteiger partial charge in [0.05, 0.1) is 5.56 Å². The maximum atomic E-state index is 12.8. The first-order valence-electron chi connectivity index (χ1n) is 9.17. The Labute approximate surface area is 177 Å². The molecule has 0 bridgehead atoms. The molecule has 2 aromatic carbocycles. The molecule has 0 fully saturated rings. The number of fused-ring (bicyclic) bond motifs is 1. The third-order valence-corrected chi connectivity index (χ3v) is 5.91. The SMILES string of the molecule is CC1(C)CC=C(OS(=O)(=O)C(F)(F)F)c2cc(C=Cc3ccc(C(=O)O)cc3)ccc21. The van der Waals surface area contributed by atoms with Gasteiger partial charge in [0, 0.05) is 5.56 Å². The Bertz CT molecular complexity index is 1170. The lowest BCUT2D eigenvalue weighted by Crippen LogP contribution is -2.27. The minimum absolute atomic E-state index is 0.144. The number of halogens is 3. The molecule has 0 unspecified atom stereocenters. The fourth-order valence-corrected chi connectivity index (χ4v) is 3.69. The van der Waals surface area contributed by atoms with Gasteiger partial charge in [-0.15, -0.1) is 0 Å². The number of benzene rings is 2. The smallest absolute Gasteiger partial charge is 0.478 e. The van der Waals surface area contributed by atoms with E-state index >= 15 is 0 Å². The zero-order chi connectivity index (χ0) is 23.0. The highest BCUT2D eigenvalue weighted by Crippen LogP contribution is 2.41. The summed E-state index contributed by atoms with van der Waals surface area (Å²) >= 11 is 0. The number of rotatable bonds is 5. The molecule has 0 atom stereocenters. The number of carboxylic acid groups (broad SMARTS) is 1. The van der Waals surface area contributed by atoms with Crippen molar-refractivity contribution in [3.05, 3.63) is 76.4 Å². The lowest BCUT2D eigenvalue weighted by atomic mass is 9.75. The first kappa shape index (κ1) is 22.6. The average molecular weight is 452 g/mol. The van der Waals surface area contributed by atoms with Crippen molar-refractivity contribution in [2.75, 3.05) is 0 Å². The molecule has 1 N–H and O–H groups in total. The second-order valence-electron chi connectivity index (χ2n) is 7.71. The van der Waals surface area contributed by atoms with Gasteiger partial charge in [0.1, 0.15) is 5.76 Å². The van der Waals surface area contributed by atoms with Crippen LogP contribution in [0.4, 0.5) is 13.2 Å². The molecule has 0 aliphatic heterocycles. The van der Waals surface area contributed by atoms with Gasteiger partial charge in [-0.05, 0) is 52.8 Å². The van der Waals surface area contributed by atoms with Crippen molar-refractivity contribution >= 4 is 34.0 Å². The zero-order valence-corrected chi connectivity index (χ0v) is 17.4. The van der Waals surface area contributed by atoms with Crippen LogP contribution in [0, 0.1) is 0 Å². The molecule has 9 heteroatoms. The molecule has 0 aromatic heterocycles. The highest BCUT2D eigenvalue weighted by atomic mass is 32.2. The largest absolute Gasteiger partial charge is 0.534 e. The van der Waals surface area contributed by atoms with Crippen LogP contribution < -0.4 is 0 Å². The van der Waals surface area contributed by atoms with Crippen molar-refractivity contribution in [2.45, 2.75) is 31.2 Å². The van der Waals surface area contributed by atoms with Crippen molar-refractivity contribution in [1.29, 1.82) is 0 Å². The molecule has 0 heterocycles. The summed E-state index contributed by atoms with van der Waals surface area (Å²) in [5, 5.41) is 8.95. The molecular weight excluding hydrogens is 433 g/mol. The summed E-state index contributed by atoms with van der Waals surface area (Å²) in [6.45, 7) is 3.80. The van der Waals surface area contributed by atoms with Crippen LogP contribution in [-0.2, 0) is 19.7 Å². The fourth-order valence-electron chi connectivity index (χ4n) is 3.20. The highest BCUT2D eigenvalue weighted by Gasteiger charge is 2.49. The van der Waals surface area contributed by atoms with E-state index in [1.165, 1.54) is 18.2 Å². The summed E-state index contributed by atoms with van der Waals surface area (Å²) in [4.78, 5) is 10.9. The molecule has 0 spiro atoms. The molecular formula is C22H19F3O5S. The highest BCUT2D eigenvalue weighted by molar-refractivity contribution is 7.87. The predicted molar refractivity (Wildman–Crippen MR) is 110 cm³/mol. The van der Waals surface area contributed by atoms with Gasteiger partial charge in [0.25, 0.3) is 0 Å². The number of aromatic carboxylic acids is 1. The van der Waals surface area contributed by atoms with E-state index in [1.54, 1.807) is 42.5 Å². The summed E-state index contributed by atoms with van der Waals surface area (Å²) in [6, 6.07) is 11.2. The zero-order valence-electron chi connectivity index (χ0n) is 16.6. The summed E-state index contributed by atoms with van der Waals surface area (Å²) in [5.74, 6) is -1.39. The Hall–Kier alpha value is -3.07. The van der Waals surface area contributed by atoms with Gasteiger partial charge < -0.3 is 9.29 Å². The van der Waals surface area contributed by atoms with E-state index in [-0.39, 0.29) is 16.9 Å². The molecule has 1 aliphatic carbocycles. The molecule has 31 heavy (non-hydrogen) atoms. The van der Waals surface area contributed by atoms with E-state index in [4.69, 9.17) is 5.11 Å². The van der Waals surface area contributed by atoms with Crippen LogP contribution in [0.5, 0.6) is 0 Å². The molecule has 0 saturated heterocycles. The Morgan fingerprint density at radius 3 is 2.23 bits per heavy atom. The second-order valence-corrected chi connectivity index (χ2v) is 9.24. The lowest BCUT2D eigenvalue weighted by Gasteiger charge is -2.31. The van der Waals surface area contributed by atoms with Gasteiger partial charge in [-0.3, -0.25) is 0 Å². The first-order chi connectivity index (χ1) is 14.3. The molecule has 5 nitrogen and oxygen atoms in total. The molecule has 0 radical (unpaired) electrons. The van der Waals surface area contributed by atoms with Crippen molar-refractivity contribution in [3.63, 3.8) is 0 Å². The topological polar surface area (TPSA) is 80.7 Å². The van der Waals surface area contributed by atoms with E-state index in [0.29, 0.717) is 17.5 Å². The van der Waals surface area contributed by atoms with E-state index < -0.39 is 27.0 Å². The number of allylic oxidation sites excluding steroid dienone is 1. The number of carbonyl (C=O) groups is 1. The van der Waals surface area contributed by atoms with Gasteiger partial charge in [-0.25, -0.2) is 4.79 Å².